The van der Waals surface area contributed by atoms with E-state index in [1.54, 1.807) is 6.33 Å². The number of hydrogen-bond acceptors (Lipinski definition) is 7. The highest BCUT2D eigenvalue weighted by Crippen LogP contribution is 2.39. The molecule has 3 aliphatic rings. The lowest BCUT2D eigenvalue weighted by Gasteiger charge is -2.22. The van der Waals surface area contributed by atoms with Gasteiger partial charge >= 0.3 is 0 Å². The second-order valence-corrected chi connectivity index (χ2v) is 8.38. The molecule has 2 aromatic heterocycles. The highest BCUT2D eigenvalue weighted by molar-refractivity contribution is 5.41. The van der Waals surface area contributed by atoms with Crippen LogP contribution < -0.4 is 4.90 Å². The van der Waals surface area contributed by atoms with Gasteiger partial charge in [-0.25, -0.2) is 9.97 Å². The summed E-state index contributed by atoms with van der Waals surface area (Å²) in [6, 6.07) is 2.15. The van der Waals surface area contributed by atoms with E-state index in [9.17, 15) is 0 Å². The van der Waals surface area contributed by atoms with E-state index in [1.807, 2.05) is 0 Å². The fraction of sp³-hybridized carbons (Fsp3) is 0.684. The third-order valence-corrected chi connectivity index (χ3v) is 5.92. The first-order valence-corrected chi connectivity index (χ1v) is 9.77. The fourth-order valence-corrected chi connectivity index (χ4v) is 4.27. The normalized spacial score (nSPS) is 26.0. The van der Waals surface area contributed by atoms with Gasteiger partial charge in [-0.05, 0) is 30.6 Å². The van der Waals surface area contributed by atoms with Crippen molar-refractivity contribution in [1.82, 2.24) is 25.1 Å². The van der Waals surface area contributed by atoms with Crippen molar-refractivity contribution >= 4 is 5.82 Å². The lowest BCUT2D eigenvalue weighted by Crippen LogP contribution is -2.29. The second-order valence-electron chi connectivity index (χ2n) is 8.38. The molecule has 2 aromatic rings. The van der Waals surface area contributed by atoms with Crippen molar-refractivity contribution in [2.45, 2.75) is 45.1 Å². The average molecular weight is 354 g/mol. The number of hydrogen-bond donors (Lipinski definition) is 0. The van der Waals surface area contributed by atoms with E-state index >= 15 is 0 Å². The number of anilines is 1. The van der Waals surface area contributed by atoms with E-state index in [0.717, 1.165) is 56.0 Å². The summed E-state index contributed by atoms with van der Waals surface area (Å²) in [5.74, 6) is 5.05. The van der Waals surface area contributed by atoms with Gasteiger partial charge in [-0.15, -0.1) is 10.2 Å². The second kappa shape index (κ2) is 6.30. The monoisotopic (exact) mass is 354 g/mol. The van der Waals surface area contributed by atoms with Crippen LogP contribution in [0.1, 0.15) is 56.0 Å². The summed E-state index contributed by atoms with van der Waals surface area (Å²) < 4.78 is 5.83. The van der Waals surface area contributed by atoms with Crippen LogP contribution in [-0.4, -0.2) is 51.2 Å². The molecule has 138 valence electrons. The first-order valence-electron chi connectivity index (χ1n) is 9.77. The fourth-order valence-electron chi connectivity index (χ4n) is 4.27. The number of aromatic nitrogens is 4. The summed E-state index contributed by atoms with van der Waals surface area (Å²) in [5, 5.41) is 8.44. The van der Waals surface area contributed by atoms with E-state index < -0.39 is 0 Å². The molecule has 2 unspecified atom stereocenters. The summed E-state index contributed by atoms with van der Waals surface area (Å²) in [7, 11) is 0. The Morgan fingerprint density at radius 3 is 2.54 bits per heavy atom. The standard InChI is InChI=1S/C19H26N6O/c1-12(2)16-5-17(21-11-20-16)25-8-14-6-24(7-15(14)9-25)10-18-22-23-19(26-18)13-3-4-13/h5,11-15H,3-4,6-10H2,1-2H3. The Morgan fingerprint density at radius 2 is 1.85 bits per heavy atom. The van der Waals surface area contributed by atoms with E-state index in [2.05, 4.69) is 49.9 Å². The molecule has 7 nitrogen and oxygen atoms in total. The molecule has 1 saturated carbocycles. The quantitative estimate of drug-likeness (QED) is 0.816. The van der Waals surface area contributed by atoms with E-state index in [0.29, 0.717) is 23.7 Å². The van der Waals surface area contributed by atoms with Gasteiger partial charge in [0.25, 0.3) is 0 Å². The summed E-state index contributed by atoms with van der Waals surface area (Å²) >= 11 is 0. The summed E-state index contributed by atoms with van der Waals surface area (Å²) in [5.41, 5.74) is 1.12. The topological polar surface area (TPSA) is 71.2 Å². The van der Waals surface area contributed by atoms with Crippen molar-refractivity contribution in [2.75, 3.05) is 31.1 Å². The Bertz CT molecular complexity index is 772. The van der Waals surface area contributed by atoms with Gasteiger partial charge in [0, 0.05) is 43.9 Å². The van der Waals surface area contributed by atoms with Crippen LogP contribution in [0.4, 0.5) is 5.82 Å². The third kappa shape index (κ3) is 3.09. The zero-order chi connectivity index (χ0) is 17.7. The van der Waals surface area contributed by atoms with Crippen molar-refractivity contribution in [3.63, 3.8) is 0 Å². The smallest absolute Gasteiger partial charge is 0.230 e. The van der Waals surface area contributed by atoms with Crippen molar-refractivity contribution in [1.29, 1.82) is 0 Å². The van der Waals surface area contributed by atoms with Crippen LogP contribution in [0.15, 0.2) is 16.8 Å². The molecular formula is C19H26N6O. The summed E-state index contributed by atoms with van der Waals surface area (Å²) in [4.78, 5) is 13.8. The predicted molar refractivity (Wildman–Crippen MR) is 96.9 cm³/mol. The molecule has 2 aliphatic heterocycles. The molecule has 0 radical (unpaired) electrons. The lowest BCUT2D eigenvalue weighted by atomic mass is 10.0. The summed E-state index contributed by atoms with van der Waals surface area (Å²) in [6.45, 7) is 9.50. The maximum atomic E-state index is 5.83. The molecule has 4 heterocycles. The van der Waals surface area contributed by atoms with Crippen LogP contribution in [-0.2, 0) is 6.54 Å². The van der Waals surface area contributed by atoms with Gasteiger partial charge < -0.3 is 9.32 Å². The lowest BCUT2D eigenvalue weighted by molar-refractivity contribution is 0.270. The van der Waals surface area contributed by atoms with Gasteiger partial charge in [-0.3, -0.25) is 4.90 Å². The van der Waals surface area contributed by atoms with Gasteiger partial charge in [0.15, 0.2) is 0 Å². The van der Waals surface area contributed by atoms with Crippen LogP contribution in [0, 0.1) is 11.8 Å². The molecular weight excluding hydrogens is 328 g/mol. The molecule has 7 heteroatoms. The molecule has 5 rings (SSSR count). The van der Waals surface area contributed by atoms with Crippen molar-refractivity contribution < 1.29 is 4.42 Å². The minimum atomic E-state index is 0.435. The van der Waals surface area contributed by atoms with Crippen LogP contribution in [0.5, 0.6) is 0 Å². The molecule has 2 saturated heterocycles. The van der Waals surface area contributed by atoms with Crippen LogP contribution in [0.2, 0.25) is 0 Å². The largest absolute Gasteiger partial charge is 0.424 e. The Kier molecular flexibility index (Phi) is 3.92. The molecule has 2 atom stereocenters. The summed E-state index contributed by atoms with van der Waals surface area (Å²) in [6.07, 6.45) is 4.11. The SMILES string of the molecule is CC(C)c1cc(N2CC3CN(Cc4nnc(C5CC5)o4)CC3C2)ncn1. The van der Waals surface area contributed by atoms with E-state index in [4.69, 9.17) is 4.42 Å². The highest BCUT2D eigenvalue weighted by Gasteiger charge is 2.41. The van der Waals surface area contributed by atoms with Gasteiger partial charge in [-0.1, -0.05) is 13.8 Å². The Labute approximate surface area is 153 Å². The maximum absolute atomic E-state index is 5.83. The number of likely N-dealkylation sites (tertiary alicyclic amines) is 1. The molecule has 0 aromatic carbocycles. The van der Waals surface area contributed by atoms with E-state index in [1.165, 1.54) is 12.8 Å². The van der Waals surface area contributed by atoms with Crippen LogP contribution in [0.3, 0.4) is 0 Å². The minimum absolute atomic E-state index is 0.435. The van der Waals surface area contributed by atoms with Crippen LogP contribution in [0.25, 0.3) is 0 Å². The zero-order valence-electron chi connectivity index (χ0n) is 15.5. The molecule has 26 heavy (non-hydrogen) atoms. The molecule has 0 amide bonds. The van der Waals surface area contributed by atoms with Gasteiger partial charge in [0.1, 0.15) is 12.1 Å². The third-order valence-electron chi connectivity index (χ3n) is 5.92. The molecule has 0 spiro atoms. The average Bonchev–Trinajstić information content (AvgIpc) is 3.07. The van der Waals surface area contributed by atoms with Gasteiger partial charge in [0.05, 0.1) is 6.54 Å². The maximum Gasteiger partial charge on any atom is 0.230 e. The number of rotatable bonds is 5. The zero-order valence-corrected chi connectivity index (χ0v) is 15.5. The predicted octanol–water partition coefficient (Wildman–Crippen LogP) is 2.43. The Hall–Kier alpha value is -2.02. The first kappa shape index (κ1) is 16.2. The van der Waals surface area contributed by atoms with Crippen LogP contribution >= 0.6 is 0 Å². The highest BCUT2D eigenvalue weighted by atomic mass is 16.4. The Balaban J connectivity index is 1.20. The van der Waals surface area contributed by atoms with Gasteiger partial charge in [0.2, 0.25) is 11.8 Å². The van der Waals surface area contributed by atoms with Crippen molar-refractivity contribution in [2.24, 2.45) is 11.8 Å². The van der Waals surface area contributed by atoms with Crippen molar-refractivity contribution in [3.8, 4) is 0 Å². The minimum Gasteiger partial charge on any atom is -0.424 e. The first-order chi connectivity index (χ1) is 12.7. The van der Waals surface area contributed by atoms with Gasteiger partial charge in [-0.2, -0.15) is 0 Å². The number of fused-ring (bicyclic) bond motifs is 1. The molecule has 1 aliphatic carbocycles. The molecule has 0 bridgehead atoms. The van der Waals surface area contributed by atoms with E-state index in [-0.39, 0.29) is 0 Å². The van der Waals surface area contributed by atoms with Crippen molar-refractivity contribution in [3.05, 3.63) is 29.9 Å². The number of nitrogens with zero attached hydrogens (tertiary/aromatic N) is 6. The molecule has 0 N–H and O–H groups in total. The Morgan fingerprint density at radius 1 is 1.08 bits per heavy atom. The molecule has 3 fully saturated rings.